The summed E-state index contributed by atoms with van der Waals surface area (Å²) in [5, 5.41) is 9.74. The van der Waals surface area contributed by atoms with E-state index in [-0.39, 0.29) is 12.0 Å². The van der Waals surface area contributed by atoms with Gasteiger partial charge in [-0.25, -0.2) is 0 Å². The lowest BCUT2D eigenvalue weighted by molar-refractivity contribution is -0.135. The van der Waals surface area contributed by atoms with E-state index in [1.54, 1.807) is 0 Å². The molecule has 2 rings (SSSR count). The number of carbonyl (C=O) groups excluding carboxylic acids is 1. The number of hydrogen-bond acceptors (Lipinski definition) is 4. The molecule has 0 radical (unpaired) electrons. The second kappa shape index (κ2) is 8.11. The molecule has 122 valence electrons. The maximum atomic E-state index is 12.5. The first-order valence-electron chi connectivity index (χ1n) is 8.44. The van der Waals surface area contributed by atoms with Crippen molar-refractivity contribution in [2.75, 3.05) is 46.3 Å². The van der Waals surface area contributed by atoms with Crippen molar-refractivity contribution in [2.24, 2.45) is 0 Å². The molecule has 1 saturated carbocycles. The number of aliphatic hydroxyl groups is 1. The number of rotatable bonds is 5. The van der Waals surface area contributed by atoms with Gasteiger partial charge in [0.25, 0.3) is 0 Å². The van der Waals surface area contributed by atoms with Crippen molar-refractivity contribution < 1.29 is 9.90 Å². The standard InChI is InChI=1S/C16H31N3O2/c1-14(20)12-19(15-6-4-3-5-7-15)13-16(21)18-10-8-17(2)9-11-18/h14-15,20H,3-13H2,1-2H3. The van der Waals surface area contributed by atoms with Crippen molar-refractivity contribution in [3.63, 3.8) is 0 Å². The third-order valence-electron chi connectivity index (χ3n) is 4.78. The molecule has 5 nitrogen and oxygen atoms in total. The Morgan fingerprint density at radius 3 is 2.38 bits per heavy atom. The van der Waals surface area contributed by atoms with E-state index < -0.39 is 0 Å². The minimum atomic E-state index is -0.368. The normalized spacial score (nSPS) is 23.5. The summed E-state index contributed by atoms with van der Waals surface area (Å²) in [6.45, 7) is 6.50. The number of piperazine rings is 1. The van der Waals surface area contributed by atoms with Crippen LogP contribution in [0.15, 0.2) is 0 Å². The molecule has 1 N–H and O–H groups in total. The van der Waals surface area contributed by atoms with Gasteiger partial charge < -0.3 is 14.9 Å². The second-order valence-electron chi connectivity index (χ2n) is 6.75. The maximum absolute atomic E-state index is 12.5. The van der Waals surface area contributed by atoms with Crippen molar-refractivity contribution in [1.29, 1.82) is 0 Å². The first-order chi connectivity index (χ1) is 10.1. The molecule has 0 spiro atoms. The van der Waals surface area contributed by atoms with Crippen molar-refractivity contribution in [3.05, 3.63) is 0 Å². The predicted molar refractivity (Wildman–Crippen MR) is 84.2 cm³/mol. The van der Waals surface area contributed by atoms with E-state index in [1.165, 1.54) is 32.1 Å². The summed E-state index contributed by atoms with van der Waals surface area (Å²) in [7, 11) is 2.10. The van der Waals surface area contributed by atoms with Crippen molar-refractivity contribution >= 4 is 5.91 Å². The molecule has 1 saturated heterocycles. The van der Waals surface area contributed by atoms with E-state index in [2.05, 4.69) is 16.8 Å². The van der Waals surface area contributed by atoms with Crippen LogP contribution in [0.5, 0.6) is 0 Å². The Labute approximate surface area is 128 Å². The van der Waals surface area contributed by atoms with Gasteiger partial charge in [0, 0.05) is 38.8 Å². The van der Waals surface area contributed by atoms with Crippen LogP contribution in [0.2, 0.25) is 0 Å². The van der Waals surface area contributed by atoms with Gasteiger partial charge in [-0.05, 0) is 26.8 Å². The third-order valence-corrected chi connectivity index (χ3v) is 4.78. The Balaban J connectivity index is 1.89. The largest absolute Gasteiger partial charge is 0.392 e. The number of hydrogen-bond donors (Lipinski definition) is 1. The van der Waals surface area contributed by atoms with E-state index in [1.807, 2.05) is 11.8 Å². The molecular formula is C16H31N3O2. The smallest absolute Gasteiger partial charge is 0.236 e. The fourth-order valence-corrected chi connectivity index (χ4v) is 3.46. The molecule has 1 unspecified atom stereocenters. The van der Waals surface area contributed by atoms with Crippen molar-refractivity contribution in [2.45, 2.75) is 51.2 Å². The lowest BCUT2D eigenvalue weighted by atomic mass is 9.94. The molecule has 1 amide bonds. The molecule has 1 atom stereocenters. The zero-order valence-electron chi connectivity index (χ0n) is 13.6. The maximum Gasteiger partial charge on any atom is 0.236 e. The van der Waals surface area contributed by atoms with E-state index >= 15 is 0 Å². The first-order valence-corrected chi connectivity index (χ1v) is 8.44. The van der Waals surface area contributed by atoms with Gasteiger partial charge >= 0.3 is 0 Å². The molecule has 0 aromatic carbocycles. The molecule has 5 heteroatoms. The van der Waals surface area contributed by atoms with Crippen LogP contribution in [0.3, 0.4) is 0 Å². The molecular weight excluding hydrogens is 266 g/mol. The number of likely N-dealkylation sites (N-methyl/N-ethyl adjacent to an activating group) is 1. The molecule has 0 aromatic rings. The highest BCUT2D eigenvalue weighted by atomic mass is 16.3. The highest BCUT2D eigenvalue weighted by Gasteiger charge is 2.27. The number of nitrogens with zero attached hydrogens (tertiary/aromatic N) is 3. The van der Waals surface area contributed by atoms with E-state index in [0.717, 1.165) is 26.2 Å². The first kappa shape index (κ1) is 16.7. The van der Waals surface area contributed by atoms with Gasteiger partial charge in [-0.3, -0.25) is 9.69 Å². The number of carbonyl (C=O) groups is 1. The third kappa shape index (κ3) is 5.24. The average molecular weight is 297 g/mol. The van der Waals surface area contributed by atoms with Crippen LogP contribution in [0.4, 0.5) is 0 Å². The molecule has 0 aromatic heterocycles. The molecule has 2 fully saturated rings. The summed E-state index contributed by atoms with van der Waals surface area (Å²) in [6.07, 6.45) is 5.79. The molecule has 2 aliphatic rings. The Bertz CT molecular complexity index is 321. The monoisotopic (exact) mass is 297 g/mol. The fourth-order valence-electron chi connectivity index (χ4n) is 3.46. The molecule has 1 heterocycles. The summed E-state index contributed by atoms with van der Waals surface area (Å²) < 4.78 is 0. The molecule has 1 aliphatic heterocycles. The van der Waals surface area contributed by atoms with Crippen LogP contribution >= 0.6 is 0 Å². The van der Waals surface area contributed by atoms with Gasteiger partial charge in [0.15, 0.2) is 0 Å². The minimum absolute atomic E-state index is 0.231. The lowest BCUT2D eigenvalue weighted by Crippen LogP contribution is -2.52. The van der Waals surface area contributed by atoms with Crippen LogP contribution in [0, 0.1) is 0 Å². The lowest BCUT2D eigenvalue weighted by Gasteiger charge is -2.38. The van der Waals surface area contributed by atoms with Crippen LogP contribution in [-0.2, 0) is 4.79 Å². The Hall–Kier alpha value is -0.650. The highest BCUT2D eigenvalue weighted by Crippen LogP contribution is 2.23. The Morgan fingerprint density at radius 2 is 1.81 bits per heavy atom. The fraction of sp³-hybridized carbons (Fsp3) is 0.938. The van der Waals surface area contributed by atoms with Crippen LogP contribution in [0.1, 0.15) is 39.0 Å². The van der Waals surface area contributed by atoms with Crippen molar-refractivity contribution in [1.82, 2.24) is 14.7 Å². The van der Waals surface area contributed by atoms with Gasteiger partial charge in [0.2, 0.25) is 5.91 Å². The quantitative estimate of drug-likeness (QED) is 0.814. The van der Waals surface area contributed by atoms with Gasteiger partial charge in [-0.2, -0.15) is 0 Å². The molecule has 21 heavy (non-hydrogen) atoms. The zero-order chi connectivity index (χ0) is 15.2. The SMILES string of the molecule is CC(O)CN(CC(=O)N1CCN(C)CC1)C1CCCCC1. The van der Waals surface area contributed by atoms with Crippen LogP contribution in [0.25, 0.3) is 0 Å². The predicted octanol–water partition coefficient (Wildman–Crippen LogP) is 0.776. The van der Waals surface area contributed by atoms with Crippen LogP contribution < -0.4 is 0 Å². The number of amides is 1. The topological polar surface area (TPSA) is 47.0 Å². The summed E-state index contributed by atoms with van der Waals surface area (Å²) in [5.41, 5.74) is 0. The summed E-state index contributed by atoms with van der Waals surface area (Å²) in [5.74, 6) is 0.231. The van der Waals surface area contributed by atoms with Gasteiger partial charge in [0.1, 0.15) is 0 Å². The van der Waals surface area contributed by atoms with Crippen LogP contribution in [-0.4, -0.2) is 84.2 Å². The zero-order valence-corrected chi connectivity index (χ0v) is 13.6. The molecule has 0 bridgehead atoms. The summed E-state index contributed by atoms with van der Waals surface area (Å²) >= 11 is 0. The van der Waals surface area contributed by atoms with Gasteiger partial charge in [-0.15, -0.1) is 0 Å². The van der Waals surface area contributed by atoms with Gasteiger partial charge in [-0.1, -0.05) is 19.3 Å². The summed E-state index contributed by atoms with van der Waals surface area (Å²) in [4.78, 5) is 19.0. The van der Waals surface area contributed by atoms with E-state index in [9.17, 15) is 9.90 Å². The Kier molecular flexibility index (Phi) is 6.45. The van der Waals surface area contributed by atoms with Crippen molar-refractivity contribution in [3.8, 4) is 0 Å². The van der Waals surface area contributed by atoms with E-state index in [0.29, 0.717) is 19.1 Å². The molecule has 1 aliphatic carbocycles. The highest BCUT2D eigenvalue weighted by molar-refractivity contribution is 5.78. The number of aliphatic hydroxyl groups excluding tert-OH is 1. The summed E-state index contributed by atoms with van der Waals surface area (Å²) in [6, 6.07) is 0.477. The minimum Gasteiger partial charge on any atom is -0.392 e. The average Bonchev–Trinajstić information content (AvgIpc) is 2.47. The van der Waals surface area contributed by atoms with Gasteiger partial charge in [0.05, 0.1) is 12.6 Å². The second-order valence-corrected chi connectivity index (χ2v) is 6.75. The Morgan fingerprint density at radius 1 is 1.19 bits per heavy atom. The van der Waals surface area contributed by atoms with E-state index in [4.69, 9.17) is 0 Å².